The fourth-order valence-corrected chi connectivity index (χ4v) is 2.90. The predicted molar refractivity (Wildman–Crippen MR) is 82.1 cm³/mol. The van der Waals surface area contributed by atoms with Crippen LogP contribution >= 0.6 is 31.9 Å². The molecule has 1 heterocycles. The van der Waals surface area contributed by atoms with Crippen LogP contribution in [0.4, 0.5) is 5.69 Å². The molecule has 0 unspecified atom stereocenters. The van der Waals surface area contributed by atoms with E-state index >= 15 is 0 Å². The average Bonchev–Trinajstić information content (AvgIpc) is 2.64. The van der Waals surface area contributed by atoms with Crippen LogP contribution in [0.15, 0.2) is 32.9 Å². The summed E-state index contributed by atoms with van der Waals surface area (Å²) >= 11 is 6.81. The molecule has 0 aliphatic carbocycles. The first-order valence-corrected chi connectivity index (χ1v) is 7.43. The van der Waals surface area contributed by atoms with E-state index in [1.807, 2.05) is 19.1 Å². The number of halogens is 2. The highest BCUT2D eigenvalue weighted by Crippen LogP contribution is 2.31. The number of carbonyl (C=O) groups is 2. The summed E-state index contributed by atoms with van der Waals surface area (Å²) in [5.41, 5.74) is 1.90. The molecule has 1 aromatic rings. The lowest BCUT2D eigenvalue weighted by atomic mass is 10.2. The number of carbonyl (C=O) groups excluding carboxylic acids is 2. The summed E-state index contributed by atoms with van der Waals surface area (Å²) in [7, 11) is 0. The van der Waals surface area contributed by atoms with Crippen molar-refractivity contribution in [1.29, 1.82) is 0 Å². The van der Waals surface area contributed by atoms with Crippen LogP contribution in [0, 0.1) is 6.92 Å². The third-order valence-corrected chi connectivity index (χ3v) is 4.36. The molecule has 0 atom stereocenters. The smallest absolute Gasteiger partial charge is 0.277 e. The minimum absolute atomic E-state index is 0.000117. The van der Waals surface area contributed by atoms with E-state index in [1.54, 1.807) is 0 Å². The molecule has 0 aromatic heterocycles. The molecule has 0 fully saturated rings. The maximum atomic E-state index is 12.0. The van der Waals surface area contributed by atoms with Gasteiger partial charge in [0.2, 0.25) is 0 Å². The Bertz CT molecular complexity index is 614. The van der Waals surface area contributed by atoms with Crippen molar-refractivity contribution in [3.8, 4) is 0 Å². The maximum Gasteiger partial charge on any atom is 0.277 e. The third kappa shape index (κ3) is 2.94. The number of nitrogens with zero attached hydrogens (tertiary/aromatic N) is 1. The normalized spacial score (nSPS) is 14.8. The highest BCUT2D eigenvalue weighted by atomic mass is 79.9. The molecule has 0 bridgehead atoms. The van der Waals surface area contributed by atoms with Crippen molar-refractivity contribution < 1.29 is 14.7 Å². The number of imide groups is 1. The molecule has 0 saturated carbocycles. The van der Waals surface area contributed by atoms with Crippen molar-refractivity contribution in [1.82, 2.24) is 4.90 Å². The second-order valence-electron chi connectivity index (χ2n) is 4.28. The van der Waals surface area contributed by atoms with Gasteiger partial charge in [-0.1, -0.05) is 15.9 Å². The summed E-state index contributed by atoms with van der Waals surface area (Å²) in [5.74, 6) is -0.854. The molecule has 2 rings (SSSR count). The number of hydrogen-bond donors (Lipinski definition) is 2. The predicted octanol–water partition coefficient (Wildman–Crippen LogP) is 2.18. The van der Waals surface area contributed by atoms with Crippen LogP contribution in [-0.4, -0.2) is 35.0 Å². The fraction of sp³-hybridized carbons (Fsp3) is 0.231. The Kier molecular flexibility index (Phi) is 4.62. The van der Waals surface area contributed by atoms with E-state index in [2.05, 4.69) is 37.2 Å². The van der Waals surface area contributed by atoms with Gasteiger partial charge in [-0.3, -0.25) is 14.5 Å². The molecule has 1 aromatic carbocycles. The first-order valence-electron chi connectivity index (χ1n) is 5.85. The zero-order valence-corrected chi connectivity index (χ0v) is 13.8. The molecule has 0 spiro atoms. The van der Waals surface area contributed by atoms with E-state index < -0.39 is 11.8 Å². The molecule has 1 aliphatic heterocycles. The highest BCUT2D eigenvalue weighted by molar-refractivity contribution is 9.11. The van der Waals surface area contributed by atoms with E-state index in [4.69, 9.17) is 5.11 Å². The van der Waals surface area contributed by atoms with Crippen molar-refractivity contribution in [2.24, 2.45) is 0 Å². The van der Waals surface area contributed by atoms with Crippen molar-refractivity contribution in [2.45, 2.75) is 6.92 Å². The highest BCUT2D eigenvalue weighted by Gasteiger charge is 2.30. The minimum atomic E-state index is -0.434. The largest absolute Gasteiger partial charge is 0.395 e. The minimum Gasteiger partial charge on any atom is -0.395 e. The molecule has 0 saturated heterocycles. The summed E-state index contributed by atoms with van der Waals surface area (Å²) in [6.45, 7) is 1.68. The van der Waals surface area contributed by atoms with E-state index in [0.29, 0.717) is 5.69 Å². The summed E-state index contributed by atoms with van der Waals surface area (Å²) < 4.78 is 1.72. The van der Waals surface area contributed by atoms with Crippen molar-refractivity contribution in [3.05, 3.63) is 38.4 Å². The van der Waals surface area contributed by atoms with Gasteiger partial charge in [0.05, 0.1) is 18.8 Å². The number of β-amino-alcohol motifs (C(OH)–C–C–N with tert-alkyl or cyclic N) is 1. The van der Waals surface area contributed by atoms with Gasteiger partial charge in [-0.25, -0.2) is 0 Å². The molecule has 0 radical (unpaired) electrons. The summed E-state index contributed by atoms with van der Waals surface area (Å²) in [6, 6.07) is 3.73. The zero-order chi connectivity index (χ0) is 14.9. The van der Waals surface area contributed by atoms with E-state index in [0.717, 1.165) is 19.4 Å². The van der Waals surface area contributed by atoms with Crippen LogP contribution in [0.1, 0.15) is 5.56 Å². The molecule has 7 heteroatoms. The Morgan fingerprint density at radius 1 is 1.25 bits per heavy atom. The van der Waals surface area contributed by atoms with Crippen LogP contribution < -0.4 is 5.32 Å². The zero-order valence-electron chi connectivity index (χ0n) is 10.6. The molecule has 20 heavy (non-hydrogen) atoms. The van der Waals surface area contributed by atoms with Gasteiger partial charge in [0, 0.05) is 15.0 Å². The average molecular weight is 404 g/mol. The standard InChI is InChI=1S/C13H12Br2N2O3/c1-7-4-10(9(15)5-8(7)14)16-11-6-12(19)17(2-3-18)13(11)20/h4-6,16,18H,2-3H2,1H3. The first-order chi connectivity index (χ1) is 9.43. The van der Waals surface area contributed by atoms with Gasteiger partial charge >= 0.3 is 0 Å². The van der Waals surface area contributed by atoms with Crippen molar-refractivity contribution >= 4 is 49.4 Å². The van der Waals surface area contributed by atoms with Gasteiger partial charge < -0.3 is 10.4 Å². The molecule has 5 nitrogen and oxygen atoms in total. The number of aryl methyl sites for hydroxylation is 1. The van der Waals surface area contributed by atoms with E-state index in [1.165, 1.54) is 6.08 Å². The second-order valence-corrected chi connectivity index (χ2v) is 5.99. The topological polar surface area (TPSA) is 69.6 Å². The lowest BCUT2D eigenvalue weighted by Gasteiger charge is -2.14. The number of amides is 2. The second kappa shape index (κ2) is 6.07. The number of hydrogen-bond acceptors (Lipinski definition) is 4. The van der Waals surface area contributed by atoms with Crippen LogP contribution in [0.25, 0.3) is 0 Å². The Labute approximate surface area is 132 Å². The molecular formula is C13H12Br2N2O3. The number of rotatable bonds is 4. The number of aliphatic hydroxyl groups is 1. The summed E-state index contributed by atoms with van der Waals surface area (Å²) in [6.07, 6.45) is 1.24. The van der Waals surface area contributed by atoms with Gasteiger partial charge in [0.15, 0.2) is 0 Å². The van der Waals surface area contributed by atoms with Gasteiger partial charge in [-0.2, -0.15) is 0 Å². The Morgan fingerprint density at radius 2 is 1.95 bits per heavy atom. The van der Waals surface area contributed by atoms with E-state index in [-0.39, 0.29) is 18.8 Å². The summed E-state index contributed by atoms with van der Waals surface area (Å²) in [4.78, 5) is 24.7. The summed E-state index contributed by atoms with van der Waals surface area (Å²) in [5, 5.41) is 11.8. The number of aliphatic hydroxyl groups excluding tert-OH is 1. The van der Waals surface area contributed by atoms with Crippen LogP contribution in [0.3, 0.4) is 0 Å². The Balaban J connectivity index is 2.23. The first kappa shape index (κ1) is 15.2. The van der Waals surface area contributed by atoms with Gasteiger partial charge in [0.25, 0.3) is 11.8 Å². The van der Waals surface area contributed by atoms with Crippen LogP contribution in [-0.2, 0) is 9.59 Å². The maximum absolute atomic E-state index is 12.0. The Morgan fingerprint density at radius 3 is 2.60 bits per heavy atom. The van der Waals surface area contributed by atoms with Crippen molar-refractivity contribution in [3.63, 3.8) is 0 Å². The number of nitrogens with one attached hydrogen (secondary N) is 1. The molecular weight excluding hydrogens is 392 g/mol. The molecule has 106 valence electrons. The number of anilines is 1. The SMILES string of the molecule is Cc1cc(NC2=CC(=O)N(CCO)C2=O)c(Br)cc1Br. The Hall–Kier alpha value is -1.18. The van der Waals surface area contributed by atoms with Gasteiger partial charge in [-0.05, 0) is 40.5 Å². The van der Waals surface area contributed by atoms with E-state index in [9.17, 15) is 9.59 Å². The molecule has 2 N–H and O–H groups in total. The van der Waals surface area contributed by atoms with Crippen LogP contribution in [0.5, 0.6) is 0 Å². The quantitative estimate of drug-likeness (QED) is 0.756. The third-order valence-electron chi connectivity index (χ3n) is 2.85. The van der Waals surface area contributed by atoms with Gasteiger partial charge in [0.1, 0.15) is 5.70 Å². The number of benzene rings is 1. The lowest BCUT2D eigenvalue weighted by molar-refractivity contribution is -0.137. The fourth-order valence-electron chi connectivity index (χ4n) is 1.81. The lowest BCUT2D eigenvalue weighted by Crippen LogP contribution is -2.34. The molecule has 1 aliphatic rings. The monoisotopic (exact) mass is 402 g/mol. The van der Waals surface area contributed by atoms with Crippen LogP contribution in [0.2, 0.25) is 0 Å². The van der Waals surface area contributed by atoms with Crippen molar-refractivity contribution in [2.75, 3.05) is 18.5 Å². The molecule has 2 amide bonds. The van der Waals surface area contributed by atoms with Gasteiger partial charge in [-0.15, -0.1) is 0 Å².